The summed E-state index contributed by atoms with van der Waals surface area (Å²) in [7, 11) is 0. The molecule has 0 radical (unpaired) electrons. The predicted molar refractivity (Wildman–Crippen MR) is 268 cm³/mol. The Kier molecular flexibility index (Phi) is 8.98. The number of para-hydroxylation sites is 3. The molecule has 0 bridgehead atoms. The van der Waals surface area contributed by atoms with Gasteiger partial charge in [0.25, 0.3) is 0 Å². The van der Waals surface area contributed by atoms with E-state index in [1.165, 1.54) is 61.3 Å². The van der Waals surface area contributed by atoms with Crippen molar-refractivity contribution < 1.29 is 4.74 Å². The van der Waals surface area contributed by atoms with Crippen LogP contribution >= 0.6 is 0 Å². The SMILES string of the molecule is CC(C)(C)c1ccc(-c2ccc3c(c2N2CN(c4cccc(Oc5ccc6c7ccccc7n(-c7cc(C(C)(C)C)ccn7)c6c5)c4)c4ccccc42)-c2ccccc2C3(C)C)cc1. The molecule has 0 spiro atoms. The average molecular weight is 835 g/mol. The smallest absolute Gasteiger partial charge is 0.137 e. The van der Waals surface area contributed by atoms with Gasteiger partial charge in [-0.2, -0.15) is 0 Å². The van der Waals surface area contributed by atoms with Gasteiger partial charge in [-0.3, -0.25) is 4.57 Å². The predicted octanol–water partition coefficient (Wildman–Crippen LogP) is 15.8. The summed E-state index contributed by atoms with van der Waals surface area (Å²) in [6.45, 7) is 18.9. The van der Waals surface area contributed by atoms with Crippen LogP contribution in [-0.4, -0.2) is 16.2 Å². The standard InChI is InChI=1S/C59H54N4O/c1-57(2,3)39-26-24-38(25-27-39)44-30-31-49-55(47-19-9-11-20-48(47)59(49,7)8)56(44)62-37-61(51-22-13-14-23-52(51)62)41-16-15-17-42(35-41)64-43-28-29-46-45-18-10-12-21-50(45)63(53(46)36-43)54-34-40(32-33-60-54)58(4,5)6/h9-36H,37H2,1-8H3. The molecule has 11 rings (SSSR count). The van der Waals surface area contributed by atoms with Gasteiger partial charge < -0.3 is 14.5 Å². The Morgan fingerprint density at radius 2 is 1.22 bits per heavy atom. The normalized spacial score (nSPS) is 14.2. The van der Waals surface area contributed by atoms with Gasteiger partial charge in [-0.25, -0.2) is 4.98 Å². The Morgan fingerprint density at radius 3 is 2.00 bits per heavy atom. The van der Waals surface area contributed by atoms with Crippen molar-refractivity contribution in [3.8, 4) is 39.6 Å². The van der Waals surface area contributed by atoms with Crippen LogP contribution in [0.25, 0.3) is 49.9 Å². The van der Waals surface area contributed by atoms with E-state index in [9.17, 15) is 0 Å². The van der Waals surface area contributed by atoms with Crippen molar-refractivity contribution >= 4 is 44.6 Å². The fourth-order valence-corrected chi connectivity index (χ4v) is 10.2. The molecule has 0 unspecified atom stereocenters. The monoisotopic (exact) mass is 834 g/mol. The highest BCUT2D eigenvalue weighted by Gasteiger charge is 2.40. The van der Waals surface area contributed by atoms with E-state index in [4.69, 9.17) is 9.72 Å². The highest BCUT2D eigenvalue weighted by atomic mass is 16.5. The summed E-state index contributed by atoms with van der Waals surface area (Å²) < 4.78 is 9.08. The third-order valence-corrected chi connectivity index (χ3v) is 13.6. The number of rotatable bonds is 6. The average Bonchev–Trinajstić information content (AvgIpc) is 3.91. The molecule has 2 aromatic heterocycles. The zero-order chi connectivity index (χ0) is 44.1. The van der Waals surface area contributed by atoms with Gasteiger partial charge in [0.1, 0.15) is 24.0 Å². The molecule has 64 heavy (non-hydrogen) atoms. The first-order valence-electron chi connectivity index (χ1n) is 22.6. The quantitative estimate of drug-likeness (QED) is 0.167. The van der Waals surface area contributed by atoms with Crippen molar-refractivity contribution in [1.82, 2.24) is 9.55 Å². The zero-order valence-corrected chi connectivity index (χ0v) is 38.1. The number of benzene rings is 7. The molecular weight excluding hydrogens is 781 g/mol. The molecule has 5 nitrogen and oxygen atoms in total. The second-order valence-electron chi connectivity index (χ2n) is 20.2. The lowest BCUT2D eigenvalue weighted by atomic mass is 9.81. The molecule has 5 heteroatoms. The zero-order valence-electron chi connectivity index (χ0n) is 38.1. The Bertz CT molecular complexity index is 3290. The Balaban J connectivity index is 0.996. The van der Waals surface area contributed by atoms with Crippen LogP contribution in [0.15, 0.2) is 170 Å². The first kappa shape index (κ1) is 39.7. The van der Waals surface area contributed by atoms with Gasteiger partial charge in [0.05, 0.1) is 28.1 Å². The fraction of sp³-hybridized carbons (Fsp3) is 0.203. The molecule has 0 amide bonds. The molecule has 0 fully saturated rings. The van der Waals surface area contributed by atoms with E-state index >= 15 is 0 Å². The number of pyridine rings is 1. The molecule has 3 heterocycles. The molecule has 0 atom stereocenters. The van der Waals surface area contributed by atoms with Crippen LogP contribution in [0.4, 0.5) is 22.7 Å². The van der Waals surface area contributed by atoms with Crippen LogP contribution in [0.2, 0.25) is 0 Å². The minimum Gasteiger partial charge on any atom is -0.457 e. The van der Waals surface area contributed by atoms with Crippen molar-refractivity contribution in [2.24, 2.45) is 0 Å². The van der Waals surface area contributed by atoms with E-state index in [-0.39, 0.29) is 16.2 Å². The summed E-state index contributed by atoms with van der Waals surface area (Å²) in [6.07, 6.45) is 1.93. The number of fused-ring (bicyclic) bond motifs is 7. The van der Waals surface area contributed by atoms with Gasteiger partial charge in [0, 0.05) is 51.3 Å². The largest absolute Gasteiger partial charge is 0.457 e. The second-order valence-corrected chi connectivity index (χ2v) is 20.2. The topological polar surface area (TPSA) is 33.5 Å². The van der Waals surface area contributed by atoms with Crippen LogP contribution < -0.4 is 14.5 Å². The van der Waals surface area contributed by atoms with Gasteiger partial charge in [-0.1, -0.05) is 152 Å². The minimum absolute atomic E-state index is 0.00719. The van der Waals surface area contributed by atoms with Crippen molar-refractivity contribution in [2.45, 2.75) is 71.6 Å². The second kappa shape index (κ2) is 14.5. The van der Waals surface area contributed by atoms with Gasteiger partial charge >= 0.3 is 0 Å². The Labute approximate surface area is 377 Å². The van der Waals surface area contributed by atoms with E-state index in [0.29, 0.717) is 6.67 Å². The Hall–Kier alpha value is -7.11. The number of aromatic nitrogens is 2. The lowest BCUT2D eigenvalue weighted by Gasteiger charge is -2.29. The molecule has 1 aliphatic heterocycles. The highest BCUT2D eigenvalue weighted by molar-refractivity contribution is 6.09. The summed E-state index contributed by atoms with van der Waals surface area (Å²) in [4.78, 5) is 9.87. The maximum absolute atomic E-state index is 6.81. The van der Waals surface area contributed by atoms with Gasteiger partial charge in [0.15, 0.2) is 0 Å². The third-order valence-electron chi connectivity index (χ3n) is 13.6. The van der Waals surface area contributed by atoms with Crippen molar-refractivity contribution in [2.75, 3.05) is 16.5 Å². The van der Waals surface area contributed by atoms with Crippen LogP contribution in [0.1, 0.15) is 77.6 Å². The van der Waals surface area contributed by atoms with E-state index in [2.05, 4.69) is 234 Å². The van der Waals surface area contributed by atoms with E-state index in [1.54, 1.807) is 0 Å². The Morgan fingerprint density at radius 1 is 0.531 bits per heavy atom. The number of anilines is 4. The molecule has 316 valence electrons. The van der Waals surface area contributed by atoms with Crippen molar-refractivity contribution in [1.29, 1.82) is 0 Å². The first-order chi connectivity index (χ1) is 30.8. The summed E-state index contributed by atoms with van der Waals surface area (Å²) in [6, 6.07) is 59.7. The maximum atomic E-state index is 6.81. The van der Waals surface area contributed by atoms with Crippen LogP contribution in [0, 0.1) is 0 Å². The van der Waals surface area contributed by atoms with Crippen LogP contribution in [0.3, 0.4) is 0 Å². The number of hydrogen-bond donors (Lipinski definition) is 0. The minimum atomic E-state index is -0.135. The number of hydrogen-bond acceptors (Lipinski definition) is 4. The highest BCUT2D eigenvalue weighted by Crippen LogP contribution is 2.58. The maximum Gasteiger partial charge on any atom is 0.137 e. The lowest BCUT2D eigenvalue weighted by molar-refractivity contribution is 0.483. The first-order valence-corrected chi connectivity index (χ1v) is 22.6. The van der Waals surface area contributed by atoms with Gasteiger partial charge in [-0.05, 0) is 98.8 Å². The van der Waals surface area contributed by atoms with E-state index in [1.807, 2.05) is 6.20 Å². The molecule has 7 aromatic carbocycles. The van der Waals surface area contributed by atoms with Crippen LogP contribution in [0.5, 0.6) is 11.5 Å². The summed E-state index contributed by atoms with van der Waals surface area (Å²) in [5, 5.41) is 2.35. The molecular formula is C59H54N4O. The summed E-state index contributed by atoms with van der Waals surface area (Å²) in [5.74, 6) is 2.45. The molecule has 0 saturated heterocycles. The van der Waals surface area contributed by atoms with Crippen LogP contribution in [-0.2, 0) is 16.2 Å². The van der Waals surface area contributed by atoms with Gasteiger partial charge in [-0.15, -0.1) is 0 Å². The summed E-state index contributed by atoms with van der Waals surface area (Å²) >= 11 is 0. The van der Waals surface area contributed by atoms with E-state index in [0.717, 1.165) is 45.1 Å². The molecule has 9 aromatic rings. The fourth-order valence-electron chi connectivity index (χ4n) is 10.2. The number of ether oxygens (including phenoxy) is 1. The molecule has 0 N–H and O–H groups in total. The van der Waals surface area contributed by atoms with Gasteiger partial charge in [0.2, 0.25) is 0 Å². The molecule has 0 saturated carbocycles. The molecule has 1 aliphatic carbocycles. The molecule has 2 aliphatic rings. The van der Waals surface area contributed by atoms with Crippen molar-refractivity contribution in [3.05, 3.63) is 192 Å². The number of nitrogens with zero attached hydrogens (tertiary/aromatic N) is 4. The van der Waals surface area contributed by atoms with E-state index < -0.39 is 0 Å². The lowest BCUT2D eigenvalue weighted by Crippen LogP contribution is -2.25. The van der Waals surface area contributed by atoms with Crippen molar-refractivity contribution in [3.63, 3.8) is 0 Å². The third kappa shape index (κ3) is 6.39. The summed E-state index contributed by atoms with van der Waals surface area (Å²) in [5.41, 5.74) is 17.1.